The van der Waals surface area contributed by atoms with Gasteiger partial charge in [-0.25, -0.2) is 0 Å². The molecule has 0 saturated heterocycles. The molecule has 21 heavy (non-hydrogen) atoms. The zero-order valence-electron chi connectivity index (χ0n) is 13.4. The van der Waals surface area contributed by atoms with Gasteiger partial charge in [0.25, 0.3) is 0 Å². The van der Waals surface area contributed by atoms with E-state index >= 15 is 0 Å². The molecular formula is C17H27N3O. The van der Waals surface area contributed by atoms with Gasteiger partial charge in [0.05, 0.1) is 6.20 Å². The lowest BCUT2D eigenvalue weighted by molar-refractivity contribution is -0.126. The van der Waals surface area contributed by atoms with Crippen molar-refractivity contribution in [1.82, 2.24) is 15.5 Å². The van der Waals surface area contributed by atoms with Gasteiger partial charge in [0.1, 0.15) is 0 Å². The van der Waals surface area contributed by atoms with E-state index in [1.807, 2.05) is 6.20 Å². The van der Waals surface area contributed by atoms with E-state index in [0.29, 0.717) is 12.0 Å². The van der Waals surface area contributed by atoms with Crippen LogP contribution in [0, 0.1) is 17.3 Å². The lowest BCUT2D eigenvalue weighted by Crippen LogP contribution is -2.45. The van der Waals surface area contributed by atoms with E-state index in [0.717, 1.165) is 31.4 Å². The van der Waals surface area contributed by atoms with Crippen molar-refractivity contribution in [2.45, 2.75) is 65.3 Å². The Kier molecular flexibility index (Phi) is 3.80. The summed E-state index contributed by atoms with van der Waals surface area (Å²) in [6.45, 7) is 6.87. The fourth-order valence-corrected chi connectivity index (χ4v) is 4.10. The summed E-state index contributed by atoms with van der Waals surface area (Å²) >= 11 is 0. The average Bonchev–Trinajstić information content (AvgIpc) is 3.04. The van der Waals surface area contributed by atoms with Crippen molar-refractivity contribution in [1.29, 1.82) is 0 Å². The first-order valence-electron chi connectivity index (χ1n) is 8.26. The van der Waals surface area contributed by atoms with Gasteiger partial charge in [-0.2, -0.15) is 5.10 Å². The molecule has 1 fully saturated rings. The Labute approximate surface area is 127 Å². The van der Waals surface area contributed by atoms with Crippen molar-refractivity contribution in [3.8, 4) is 0 Å². The van der Waals surface area contributed by atoms with Crippen LogP contribution in [0.3, 0.4) is 0 Å². The van der Waals surface area contributed by atoms with E-state index in [4.69, 9.17) is 0 Å². The van der Waals surface area contributed by atoms with Gasteiger partial charge in [-0.05, 0) is 42.6 Å². The first kappa shape index (κ1) is 14.6. The largest absolute Gasteiger partial charge is 0.353 e. The Morgan fingerprint density at radius 1 is 1.33 bits per heavy atom. The summed E-state index contributed by atoms with van der Waals surface area (Å²) in [5.74, 6) is 0.961. The van der Waals surface area contributed by atoms with Crippen molar-refractivity contribution < 1.29 is 4.79 Å². The lowest BCUT2D eigenvalue weighted by Gasteiger charge is -2.34. The number of hydrogen-bond donors (Lipinski definition) is 2. The number of nitrogens with zero attached hydrogens (tertiary/aromatic N) is 1. The molecule has 0 aromatic carbocycles. The fourth-order valence-electron chi connectivity index (χ4n) is 4.10. The van der Waals surface area contributed by atoms with Gasteiger partial charge in [-0.3, -0.25) is 9.89 Å². The van der Waals surface area contributed by atoms with E-state index in [1.54, 1.807) is 0 Å². The Bertz CT molecular complexity index is 514. The third kappa shape index (κ3) is 2.99. The maximum atomic E-state index is 12.6. The van der Waals surface area contributed by atoms with Gasteiger partial charge < -0.3 is 5.32 Å². The monoisotopic (exact) mass is 289 g/mol. The molecule has 0 spiro atoms. The molecule has 1 saturated carbocycles. The highest BCUT2D eigenvalue weighted by Gasteiger charge is 2.38. The quantitative estimate of drug-likeness (QED) is 0.879. The lowest BCUT2D eigenvalue weighted by atomic mass is 9.77. The maximum Gasteiger partial charge on any atom is 0.223 e. The van der Waals surface area contributed by atoms with E-state index in [9.17, 15) is 4.79 Å². The molecule has 1 heterocycles. The highest BCUT2D eigenvalue weighted by molar-refractivity contribution is 5.79. The van der Waals surface area contributed by atoms with E-state index < -0.39 is 0 Å². The van der Waals surface area contributed by atoms with Crippen LogP contribution in [-0.2, 0) is 17.6 Å². The number of fused-ring (bicyclic) bond motifs is 1. The minimum Gasteiger partial charge on any atom is -0.353 e. The number of amides is 1. The molecule has 0 radical (unpaired) electrons. The van der Waals surface area contributed by atoms with Crippen molar-refractivity contribution in [2.75, 3.05) is 0 Å². The van der Waals surface area contributed by atoms with E-state index in [-0.39, 0.29) is 17.2 Å². The number of carbonyl (C=O) groups is 1. The van der Waals surface area contributed by atoms with Gasteiger partial charge in [0, 0.05) is 24.1 Å². The number of aromatic amines is 1. The van der Waals surface area contributed by atoms with Crippen molar-refractivity contribution >= 4 is 5.91 Å². The molecule has 116 valence electrons. The van der Waals surface area contributed by atoms with Crippen LogP contribution in [0.5, 0.6) is 0 Å². The molecule has 2 aliphatic carbocycles. The van der Waals surface area contributed by atoms with Gasteiger partial charge in [0.15, 0.2) is 0 Å². The summed E-state index contributed by atoms with van der Waals surface area (Å²) in [7, 11) is 0. The molecule has 1 amide bonds. The van der Waals surface area contributed by atoms with Crippen molar-refractivity contribution in [3.05, 3.63) is 17.5 Å². The van der Waals surface area contributed by atoms with Gasteiger partial charge in [-0.15, -0.1) is 0 Å². The summed E-state index contributed by atoms with van der Waals surface area (Å²) in [6, 6.07) is 0.362. The molecule has 3 rings (SSSR count). The van der Waals surface area contributed by atoms with Crippen LogP contribution < -0.4 is 5.32 Å². The highest BCUT2D eigenvalue weighted by Crippen LogP contribution is 2.39. The number of aromatic nitrogens is 2. The number of carbonyl (C=O) groups excluding carboxylic acids is 1. The van der Waals surface area contributed by atoms with Gasteiger partial charge in [-0.1, -0.05) is 27.2 Å². The van der Waals surface area contributed by atoms with E-state index in [1.165, 1.54) is 18.4 Å². The molecule has 0 bridgehead atoms. The first-order valence-corrected chi connectivity index (χ1v) is 8.26. The SMILES string of the molecule is CC(C)(C)C1CCCC1NC(=O)C1CCc2cn[nH]c2C1. The van der Waals surface area contributed by atoms with E-state index in [2.05, 4.69) is 36.3 Å². The molecular weight excluding hydrogens is 262 g/mol. The molecule has 1 aromatic rings. The maximum absolute atomic E-state index is 12.6. The second-order valence-corrected chi connectivity index (χ2v) is 7.83. The van der Waals surface area contributed by atoms with Crippen molar-refractivity contribution in [3.63, 3.8) is 0 Å². The Morgan fingerprint density at radius 3 is 2.90 bits per heavy atom. The molecule has 2 aliphatic rings. The van der Waals surface area contributed by atoms with Crippen LogP contribution in [0.4, 0.5) is 0 Å². The zero-order valence-corrected chi connectivity index (χ0v) is 13.4. The minimum atomic E-state index is 0.110. The zero-order chi connectivity index (χ0) is 15.0. The second kappa shape index (κ2) is 5.47. The first-order chi connectivity index (χ1) is 9.95. The normalized spacial score (nSPS) is 29.2. The molecule has 1 aromatic heterocycles. The minimum absolute atomic E-state index is 0.110. The number of nitrogens with one attached hydrogen (secondary N) is 2. The van der Waals surface area contributed by atoms with Crippen LogP contribution in [0.25, 0.3) is 0 Å². The van der Waals surface area contributed by atoms with Gasteiger partial charge >= 0.3 is 0 Å². The molecule has 4 nitrogen and oxygen atoms in total. The summed E-state index contributed by atoms with van der Waals surface area (Å²) in [4.78, 5) is 12.6. The van der Waals surface area contributed by atoms with Gasteiger partial charge in [0.2, 0.25) is 5.91 Å². The van der Waals surface area contributed by atoms with Crippen LogP contribution >= 0.6 is 0 Å². The summed E-state index contributed by atoms with van der Waals surface area (Å²) in [5, 5.41) is 10.5. The number of hydrogen-bond acceptors (Lipinski definition) is 2. The predicted octanol–water partition coefficient (Wildman–Crippen LogP) is 2.85. The predicted molar refractivity (Wildman–Crippen MR) is 82.8 cm³/mol. The highest BCUT2D eigenvalue weighted by atomic mass is 16.1. The molecule has 3 atom stereocenters. The van der Waals surface area contributed by atoms with Crippen molar-refractivity contribution in [2.24, 2.45) is 17.3 Å². The second-order valence-electron chi connectivity index (χ2n) is 7.83. The summed E-state index contributed by atoms with van der Waals surface area (Å²) < 4.78 is 0. The molecule has 4 heteroatoms. The smallest absolute Gasteiger partial charge is 0.223 e. The molecule has 0 aliphatic heterocycles. The van der Waals surface area contributed by atoms with Crippen LogP contribution in [0.1, 0.15) is 57.7 Å². The third-order valence-electron chi connectivity index (χ3n) is 5.35. The molecule has 3 unspecified atom stereocenters. The average molecular weight is 289 g/mol. The summed E-state index contributed by atoms with van der Waals surface area (Å²) in [5.41, 5.74) is 2.71. The standard InChI is InChI=1S/C17H27N3O/c1-17(2,3)13-5-4-6-14(13)19-16(21)11-7-8-12-10-18-20-15(12)9-11/h10-11,13-14H,4-9H2,1-3H3,(H,18,20)(H,19,21). The molecule has 2 N–H and O–H groups in total. The Morgan fingerprint density at radius 2 is 2.14 bits per heavy atom. The Hall–Kier alpha value is -1.32. The Balaban J connectivity index is 1.62. The topological polar surface area (TPSA) is 57.8 Å². The number of rotatable bonds is 2. The number of aryl methyl sites for hydroxylation is 1. The van der Waals surface area contributed by atoms with Crippen LogP contribution in [0.15, 0.2) is 6.20 Å². The third-order valence-corrected chi connectivity index (χ3v) is 5.35. The van der Waals surface area contributed by atoms with Crippen LogP contribution in [-0.4, -0.2) is 22.1 Å². The fraction of sp³-hybridized carbons (Fsp3) is 0.765. The summed E-state index contributed by atoms with van der Waals surface area (Å²) in [6.07, 6.45) is 8.24. The number of H-pyrrole nitrogens is 1. The van der Waals surface area contributed by atoms with Crippen LogP contribution in [0.2, 0.25) is 0 Å².